The zero-order valence-corrected chi connectivity index (χ0v) is 18.3. The summed E-state index contributed by atoms with van der Waals surface area (Å²) in [6.07, 6.45) is 5.90. The molecular formula is C24H40O5. The van der Waals surface area contributed by atoms with Crippen LogP contribution in [0.5, 0.6) is 0 Å². The van der Waals surface area contributed by atoms with Gasteiger partial charge in [0.05, 0.1) is 18.3 Å². The Morgan fingerprint density at radius 2 is 1.72 bits per heavy atom. The summed E-state index contributed by atoms with van der Waals surface area (Å²) in [6.45, 7) is 6.76. The molecule has 0 saturated heterocycles. The molecule has 4 aliphatic rings. The Hall–Kier alpha value is -0.650. The van der Waals surface area contributed by atoms with Crippen LogP contribution in [0.4, 0.5) is 0 Å². The zero-order valence-electron chi connectivity index (χ0n) is 18.3. The molecule has 0 amide bonds. The van der Waals surface area contributed by atoms with Gasteiger partial charge in [0.1, 0.15) is 0 Å². The maximum atomic E-state index is 11.5. The second kappa shape index (κ2) is 7.49. The highest BCUT2D eigenvalue weighted by atomic mass is 16.4. The fourth-order valence-electron chi connectivity index (χ4n) is 8.75. The lowest BCUT2D eigenvalue weighted by atomic mass is 9.43. The predicted molar refractivity (Wildman–Crippen MR) is 110 cm³/mol. The molecule has 4 aliphatic carbocycles. The number of rotatable bonds is 4. The second-order valence-electron chi connectivity index (χ2n) is 11.4. The van der Waals surface area contributed by atoms with Crippen molar-refractivity contribution in [3.05, 3.63) is 0 Å². The van der Waals surface area contributed by atoms with Crippen molar-refractivity contribution >= 4 is 5.97 Å². The first-order valence-electron chi connectivity index (χ1n) is 11.8. The molecule has 4 fully saturated rings. The van der Waals surface area contributed by atoms with Crippen LogP contribution in [0, 0.1) is 46.3 Å². The van der Waals surface area contributed by atoms with Gasteiger partial charge in [0, 0.05) is 6.42 Å². The lowest BCUT2D eigenvalue weighted by Crippen LogP contribution is -2.60. The van der Waals surface area contributed by atoms with Gasteiger partial charge in [-0.3, -0.25) is 4.79 Å². The van der Waals surface area contributed by atoms with Crippen molar-refractivity contribution < 1.29 is 25.2 Å². The minimum Gasteiger partial charge on any atom is -0.481 e. The Morgan fingerprint density at radius 1 is 1.00 bits per heavy atom. The van der Waals surface area contributed by atoms with Gasteiger partial charge in [-0.05, 0) is 97.7 Å². The normalized spacial score (nSPS) is 52.9. The largest absolute Gasteiger partial charge is 0.481 e. The topological polar surface area (TPSA) is 98.0 Å². The number of aliphatic carboxylic acids is 1. The van der Waals surface area contributed by atoms with Gasteiger partial charge in [-0.15, -0.1) is 0 Å². The molecule has 0 aromatic rings. The van der Waals surface area contributed by atoms with E-state index in [-0.39, 0.29) is 23.4 Å². The first-order valence-corrected chi connectivity index (χ1v) is 11.8. The average Bonchev–Trinajstić information content (AvgIpc) is 3.01. The fraction of sp³-hybridized carbons (Fsp3) is 0.958. The van der Waals surface area contributed by atoms with Gasteiger partial charge < -0.3 is 20.4 Å². The Bertz CT molecular complexity index is 637. The summed E-state index contributed by atoms with van der Waals surface area (Å²) in [5, 5.41) is 41.2. The van der Waals surface area contributed by atoms with Crippen molar-refractivity contribution in [2.45, 2.75) is 96.9 Å². The molecule has 0 spiro atoms. The van der Waals surface area contributed by atoms with Crippen molar-refractivity contribution in [3.8, 4) is 0 Å². The van der Waals surface area contributed by atoms with Crippen LogP contribution in [0.1, 0.15) is 78.6 Å². The SMILES string of the molecule is C[C@H](CCC(=O)O)[C@H]1CC[C@H]2[C@@H]3CC[C@@H]4C[C@H](O)[C@@H](O)C[C@]4(C)[C@H]3C[C@H](O)[C@]12C. The number of carboxylic acid groups (broad SMARTS) is 1. The number of aliphatic hydroxyl groups is 3. The van der Waals surface area contributed by atoms with Crippen molar-refractivity contribution in [2.75, 3.05) is 0 Å². The van der Waals surface area contributed by atoms with Crippen LogP contribution in [0.2, 0.25) is 0 Å². The van der Waals surface area contributed by atoms with Crippen molar-refractivity contribution in [2.24, 2.45) is 46.3 Å². The number of hydrogen-bond donors (Lipinski definition) is 4. The molecular weight excluding hydrogens is 368 g/mol. The van der Waals surface area contributed by atoms with Crippen LogP contribution in [0.15, 0.2) is 0 Å². The molecule has 0 aliphatic heterocycles. The molecule has 4 saturated carbocycles. The molecule has 0 unspecified atom stereocenters. The Kier molecular flexibility index (Phi) is 5.57. The number of carboxylic acids is 1. The molecule has 0 aromatic carbocycles. The molecule has 0 bridgehead atoms. The van der Waals surface area contributed by atoms with Gasteiger partial charge in [-0.1, -0.05) is 20.8 Å². The first kappa shape index (κ1) is 21.6. The van der Waals surface area contributed by atoms with Crippen LogP contribution in [-0.2, 0) is 4.79 Å². The summed E-state index contributed by atoms with van der Waals surface area (Å²) in [7, 11) is 0. The molecule has 4 N–H and O–H groups in total. The summed E-state index contributed by atoms with van der Waals surface area (Å²) in [5.74, 6) is 1.86. The van der Waals surface area contributed by atoms with Crippen molar-refractivity contribution in [1.29, 1.82) is 0 Å². The van der Waals surface area contributed by atoms with Gasteiger partial charge >= 0.3 is 5.97 Å². The Balaban J connectivity index is 1.57. The zero-order chi connectivity index (χ0) is 21.1. The molecule has 5 heteroatoms. The van der Waals surface area contributed by atoms with Crippen LogP contribution < -0.4 is 0 Å². The summed E-state index contributed by atoms with van der Waals surface area (Å²) in [4.78, 5) is 11.1. The standard InChI is InChI=1S/C24H40O5/c1-13(4-9-22(28)29)16-7-8-17-15-6-5-14-10-19(25)20(26)12-23(14,2)18(15)11-21(27)24(16,17)3/h13-21,25-27H,4-12H2,1-3H3,(H,28,29)/t13-,14-,15+,16-,17+,18+,19+,20+,21+,23+,24-/m1/s1. The number of carbonyl (C=O) groups is 1. The minimum absolute atomic E-state index is 0.00309. The summed E-state index contributed by atoms with van der Waals surface area (Å²) in [5.41, 5.74) is -0.133. The van der Waals surface area contributed by atoms with E-state index in [1.54, 1.807) is 0 Å². The Morgan fingerprint density at radius 3 is 2.41 bits per heavy atom. The third-order valence-electron chi connectivity index (χ3n) is 10.4. The molecule has 11 atom stereocenters. The lowest BCUT2D eigenvalue weighted by Gasteiger charge is -2.63. The third kappa shape index (κ3) is 3.27. The molecule has 0 heterocycles. The van der Waals surface area contributed by atoms with E-state index in [0.717, 1.165) is 32.1 Å². The van der Waals surface area contributed by atoms with Gasteiger partial charge in [0.15, 0.2) is 0 Å². The highest BCUT2D eigenvalue weighted by Gasteiger charge is 2.64. The predicted octanol–water partition coefficient (Wildman–Crippen LogP) is 3.45. The molecule has 166 valence electrons. The Labute approximate surface area is 174 Å². The van der Waals surface area contributed by atoms with E-state index in [0.29, 0.717) is 54.8 Å². The minimum atomic E-state index is -0.731. The fourth-order valence-corrected chi connectivity index (χ4v) is 8.75. The molecule has 29 heavy (non-hydrogen) atoms. The highest BCUT2D eigenvalue weighted by Crippen LogP contribution is 2.68. The van der Waals surface area contributed by atoms with Crippen LogP contribution in [0.3, 0.4) is 0 Å². The van der Waals surface area contributed by atoms with Gasteiger partial charge in [0.25, 0.3) is 0 Å². The quantitative estimate of drug-likeness (QED) is 0.571. The molecule has 4 rings (SSSR count). The van der Waals surface area contributed by atoms with Gasteiger partial charge in [0.2, 0.25) is 0 Å². The van der Waals surface area contributed by atoms with Crippen LogP contribution in [0.25, 0.3) is 0 Å². The second-order valence-corrected chi connectivity index (χ2v) is 11.4. The van der Waals surface area contributed by atoms with Crippen LogP contribution in [-0.4, -0.2) is 44.7 Å². The molecule has 0 aromatic heterocycles. The third-order valence-corrected chi connectivity index (χ3v) is 10.4. The van der Waals surface area contributed by atoms with E-state index in [1.807, 2.05) is 0 Å². The molecule has 0 radical (unpaired) electrons. The van der Waals surface area contributed by atoms with Crippen molar-refractivity contribution in [1.82, 2.24) is 0 Å². The monoisotopic (exact) mass is 408 g/mol. The van der Waals surface area contributed by atoms with E-state index >= 15 is 0 Å². The maximum Gasteiger partial charge on any atom is 0.303 e. The van der Waals surface area contributed by atoms with Gasteiger partial charge in [-0.2, -0.15) is 0 Å². The number of hydrogen-bond acceptors (Lipinski definition) is 4. The lowest BCUT2D eigenvalue weighted by molar-refractivity contribution is -0.191. The van der Waals surface area contributed by atoms with E-state index in [2.05, 4.69) is 20.8 Å². The average molecular weight is 409 g/mol. The summed E-state index contributed by atoms with van der Waals surface area (Å²) < 4.78 is 0. The van der Waals surface area contributed by atoms with Gasteiger partial charge in [-0.25, -0.2) is 0 Å². The smallest absolute Gasteiger partial charge is 0.303 e. The van der Waals surface area contributed by atoms with E-state index in [1.165, 1.54) is 0 Å². The summed E-state index contributed by atoms with van der Waals surface area (Å²) in [6, 6.07) is 0. The van der Waals surface area contributed by atoms with E-state index in [9.17, 15) is 20.1 Å². The van der Waals surface area contributed by atoms with Crippen molar-refractivity contribution in [3.63, 3.8) is 0 Å². The maximum absolute atomic E-state index is 11.5. The van der Waals surface area contributed by atoms with E-state index in [4.69, 9.17) is 5.11 Å². The highest BCUT2D eigenvalue weighted by molar-refractivity contribution is 5.66. The molecule has 5 nitrogen and oxygen atoms in total. The first-order chi connectivity index (χ1) is 13.6. The number of fused-ring (bicyclic) bond motifs is 5. The van der Waals surface area contributed by atoms with Crippen LogP contribution >= 0.6 is 0 Å². The summed E-state index contributed by atoms with van der Waals surface area (Å²) >= 11 is 0. The van der Waals surface area contributed by atoms with E-state index < -0.39 is 18.2 Å². The number of aliphatic hydroxyl groups excluding tert-OH is 3.